The summed E-state index contributed by atoms with van der Waals surface area (Å²) in [5.41, 5.74) is 0. The number of pyridine rings is 1. The van der Waals surface area contributed by atoms with Gasteiger partial charge in [0.1, 0.15) is 12.4 Å². The van der Waals surface area contributed by atoms with Gasteiger partial charge in [0, 0.05) is 6.20 Å². The average Bonchev–Trinajstić information content (AvgIpc) is 2.35. The molecule has 0 saturated heterocycles. The summed E-state index contributed by atoms with van der Waals surface area (Å²) in [5.74, 6) is 6.11. The Kier molecular flexibility index (Phi) is 5.97. The Labute approximate surface area is 101 Å². The van der Waals surface area contributed by atoms with E-state index in [-0.39, 0.29) is 12.5 Å². The van der Waals surface area contributed by atoms with Crippen molar-refractivity contribution in [1.82, 2.24) is 10.3 Å². The SMILES string of the molecule is C/C=C/C(=O)NCC#CCOc1cccnc1. The zero-order chi connectivity index (χ0) is 12.3. The average molecular weight is 230 g/mol. The summed E-state index contributed by atoms with van der Waals surface area (Å²) in [6.45, 7) is 2.39. The summed E-state index contributed by atoms with van der Waals surface area (Å²) in [4.78, 5) is 14.9. The van der Waals surface area contributed by atoms with Crippen LogP contribution in [0.3, 0.4) is 0 Å². The summed E-state index contributed by atoms with van der Waals surface area (Å²) in [6.07, 6.45) is 6.42. The summed E-state index contributed by atoms with van der Waals surface area (Å²) in [7, 11) is 0. The maximum Gasteiger partial charge on any atom is 0.244 e. The van der Waals surface area contributed by atoms with Gasteiger partial charge in [-0.15, -0.1) is 0 Å². The second-order valence-corrected chi connectivity index (χ2v) is 3.05. The fraction of sp³-hybridized carbons (Fsp3) is 0.231. The first-order chi connectivity index (χ1) is 8.33. The molecule has 1 rings (SSSR count). The van der Waals surface area contributed by atoms with Crippen molar-refractivity contribution in [3.05, 3.63) is 36.7 Å². The molecule has 0 aliphatic carbocycles. The predicted molar refractivity (Wildman–Crippen MR) is 65.3 cm³/mol. The van der Waals surface area contributed by atoms with Crippen molar-refractivity contribution in [3.63, 3.8) is 0 Å². The minimum atomic E-state index is -0.144. The standard InChI is InChI=1S/C13H14N2O2/c1-2-6-13(16)15-9-3-4-10-17-12-7-5-8-14-11-12/h2,5-8,11H,9-10H2,1H3,(H,15,16)/b6-2+. The highest BCUT2D eigenvalue weighted by molar-refractivity contribution is 5.87. The Hall–Kier alpha value is -2.28. The molecule has 0 saturated carbocycles. The van der Waals surface area contributed by atoms with Crippen molar-refractivity contribution in [2.75, 3.05) is 13.2 Å². The topological polar surface area (TPSA) is 51.2 Å². The van der Waals surface area contributed by atoms with E-state index in [0.29, 0.717) is 12.3 Å². The molecule has 0 aliphatic heterocycles. The predicted octanol–water partition coefficient (Wildman–Crippen LogP) is 1.16. The first-order valence-electron chi connectivity index (χ1n) is 5.22. The van der Waals surface area contributed by atoms with Gasteiger partial charge in [0.05, 0.1) is 12.7 Å². The molecule has 4 heteroatoms. The van der Waals surface area contributed by atoms with Crippen LogP contribution < -0.4 is 10.1 Å². The monoisotopic (exact) mass is 230 g/mol. The molecule has 1 amide bonds. The fourth-order valence-corrected chi connectivity index (χ4v) is 1.01. The Morgan fingerprint density at radius 3 is 3.18 bits per heavy atom. The van der Waals surface area contributed by atoms with Crippen molar-refractivity contribution < 1.29 is 9.53 Å². The van der Waals surface area contributed by atoms with Crippen LogP contribution in [0.5, 0.6) is 5.75 Å². The number of hydrogen-bond acceptors (Lipinski definition) is 3. The number of carbonyl (C=O) groups is 1. The van der Waals surface area contributed by atoms with Gasteiger partial charge in [-0.25, -0.2) is 0 Å². The van der Waals surface area contributed by atoms with E-state index in [4.69, 9.17) is 4.74 Å². The molecular formula is C13H14N2O2. The molecule has 0 fully saturated rings. The van der Waals surface area contributed by atoms with E-state index in [1.54, 1.807) is 31.5 Å². The number of nitrogens with zero attached hydrogens (tertiary/aromatic N) is 1. The molecule has 0 spiro atoms. The molecule has 0 bridgehead atoms. The van der Waals surface area contributed by atoms with E-state index in [1.165, 1.54) is 6.08 Å². The summed E-state index contributed by atoms with van der Waals surface area (Å²) in [6, 6.07) is 3.60. The van der Waals surface area contributed by atoms with Crippen LogP contribution in [0.15, 0.2) is 36.7 Å². The van der Waals surface area contributed by atoms with Gasteiger partial charge in [-0.3, -0.25) is 9.78 Å². The quantitative estimate of drug-likeness (QED) is 0.623. The van der Waals surface area contributed by atoms with Gasteiger partial charge in [-0.1, -0.05) is 17.9 Å². The molecule has 0 aliphatic rings. The maximum atomic E-state index is 11.0. The number of hydrogen-bond donors (Lipinski definition) is 1. The first-order valence-corrected chi connectivity index (χ1v) is 5.22. The van der Waals surface area contributed by atoms with Crippen LogP contribution in [0.1, 0.15) is 6.92 Å². The molecule has 0 atom stereocenters. The summed E-state index contributed by atoms with van der Waals surface area (Å²) < 4.78 is 5.30. The van der Waals surface area contributed by atoms with E-state index >= 15 is 0 Å². The second kappa shape index (κ2) is 7.94. The van der Waals surface area contributed by atoms with Crippen LogP contribution in [-0.4, -0.2) is 24.0 Å². The lowest BCUT2D eigenvalue weighted by molar-refractivity contribution is -0.116. The minimum Gasteiger partial charge on any atom is -0.479 e. The van der Waals surface area contributed by atoms with Gasteiger partial charge < -0.3 is 10.1 Å². The van der Waals surface area contributed by atoms with Gasteiger partial charge >= 0.3 is 0 Å². The maximum absolute atomic E-state index is 11.0. The van der Waals surface area contributed by atoms with Crippen LogP contribution in [0.25, 0.3) is 0 Å². The number of rotatable bonds is 4. The van der Waals surface area contributed by atoms with Gasteiger partial charge in [0.2, 0.25) is 5.91 Å². The molecule has 88 valence electrons. The second-order valence-electron chi connectivity index (χ2n) is 3.05. The number of amides is 1. The molecule has 1 N–H and O–H groups in total. The van der Waals surface area contributed by atoms with E-state index < -0.39 is 0 Å². The number of allylic oxidation sites excluding steroid dienone is 1. The van der Waals surface area contributed by atoms with E-state index in [1.807, 2.05) is 6.07 Å². The largest absolute Gasteiger partial charge is 0.479 e. The van der Waals surface area contributed by atoms with Gasteiger partial charge in [-0.05, 0) is 25.1 Å². The third-order valence-electron chi connectivity index (χ3n) is 1.74. The Balaban J connectivity index is 2.17. The molecule has 4 nitrogen and oxygen atoms in total. The molecule has 17 heavy (non-hydrogen) atoms. The number of aromatic nitrogens is 1. The summed E-state index contributed by atoms with van der Waals surface area (Å²) >= 11 is 0. The third-order valence-corrected chi connectivity index (χ3v) is 1.74. The highest BCUT2D eigenvalue weighted by Gasteiger charge is 1.89. The van der Waals surface area contributed by atoms with Crippen LogP contribution in [0, 0.1) is 11.8 Å². The molecule has 0 unspecified atom stereocenters. The van der Waals surface area contributed by atoms with Gasteiger partial charge in [0.15, 0.2) is 0 Å². The van der Waals surface area contributed by atoms with Crippen molar-refractivity contribution >= 4 is 5.91 Å². The number of ether oxygens (including phenoxy) is 1. The van der Waals surface area contributed by atoms with Crippen LogP contribution in [0.2, 0.25) is 0 Å². The smallest absolute Gasteiger partial charge is 0.244 e. The molecule has 0 radical (unpaired) electrons. The Morgan fingerprint density at radius 2 is 2.47 bits per heavy atom. The van der Waals surface area contributed by atoms with E-state index in [9.17, 15) is 4.79 Å². The number of carbonyl (C=O) groups excluding carboxylic acids is 1. The highest BCUT2D eigenvalue weighted by atomic mass is 16.5. The fourth-order valence-electron chi connectivity index (χ4n) is 1.01. The zero-order valence-electron chi connectivity index (χ0n) is 9.64. The first kappa shape index (κ1) is 12.8. The van der Waals surface area contributed by atoms with Crippen LogP contribution >= 0.6 is 0 Å². The van der Waals surface area contributed by atoms with Crippen molar-refractivity contribution in [3.8, 4) is 17.6 Å². The number of nitrogens with one attached hydrogen (secondary N) is 1. The normalized spacial score (nSPS) is 9.47. The van der Waals surface area contributed by atoms with Crippen molar-refractivity contribution in [1.29, 1.82) is 0 Å². The van der Waals surface area contributed by atoms with E-state index in [0.717, 1.165) is 0 Å². The van der Waals surface area contributed by atoms with Crippen molar-refractivity contribution in [2.24, 2.45) is 0 Å². The molecule has 1 aromatic heterocycles. The minimum absolute atomic E-state index is 0.144. The lowest BCUT2D eigenvalue weighted by Crippen LogP contribution is -2.21. The van der Waals surface area contributed by atoms with Crippen LogP contribution in [0.4, 0.5) is 0 Å². The van der Waals surface area contributed by atoms with Gasteiger partial charge in [0.25, 0.3) is 0 Å². The molecule has 1 heterocycles. The lowest BCUT2D eigenvalue weighted by atomic mass is 10.4. The molecule has 1 aromatic rings. The Bertz CT molecular complexity index is 430. The lowest BCUT2D eigenvalue weighted by Gasteiger charge is -1.99. The van der Waals surface area contributed by atoms with Crippen LogP contribution in [-0.2, 0) is 4.79 Å². The van der Waals surface area contributed by atoms with Crippen molar-refractivity contribution in [2.45, 2.75) is 6.92 Å². The molecular weight excluding hydrogens is 216 g/mol. The van der Waals surface area contributed by atoms with Gasteiger partial charge in [-0.2, -0.15) is 0 Å². The third kappa shape index (κ3) is 6.00. The zero-order valence-corrected chi connectivity index (χ0v) is 9.64. The summed E-state index contributed by atoms with van der Waals surface area (Å²) in [5, 5.41) is 2.61. The van der Waals surface area contributed by atoms with E-state index in [2.05, 4.69) is 22.1 Å². The highest BCUT2D eigenvalue weighted by Crippen LogP contribution is 2.04. The molecule has 0 aromatic carbocycles. The Morgan fingerprint density at radius 1 is 1.59 bits per heavy atom.